The first kappa shape index (κ1) is 14.0. The van der Waals surface area contributed by atoms with Crippen molar-refractivity contribution in [3.8, 4) is 0 Å². The van der Waals surface area contributed by atoms with Gasteiger partial charge in [0.2, 0.25) is 5.91 Å². The second-order valence-electron chi connectivity index (χ2n) is 5.05. The van der Waals surface area contributed by atoms with Gasteiger partial charge in [-0.25, -0.2) is 0 Å². The molecule has 19 heavy (non-hydrogen) atoms. The maximum Gasteiger partial charge on any atom is 0.237 e. The van der Waals surface area contributed by atoms with Crippen molar-refractivity contribution in [1.29, 1.82) is 0 Å². The van der Waals surface area contributed by atoms with Crippen LogP contribution in [0.4, 0.5) is 0 Å². The van der Waals surface area contributed by atoms with Crippen LogP contribution in [-0.4, -0.2) is 36.5 Å². The van der Waals surface area contributed by atoms with Crippen LogP contribution in [0.25, 0.3) is 0 Å². The van der Waals surface area contributed by atoms with Gasteiger partial charge in [0.15, 0.2) is 0 Å². The van der Waals surface area contributed by atoms with Crippen LogP contribution in [0, 0.1) is 0 Å². The lowest BCUT2D eigenvalue weighted by molar-refractivity contribution is -0.125. The average molecular weight is 261 g/mol. The minimum atomic E-state index is 0.0259. The van der Waals surface area contributed by atoms with E-state index in [1.165, 1.54) is 5.56 Å². The predicted molar refractivity (Wildman–Crippen MR) is 76.6 cm³/mol. The molecule has 1 fully saturated rings. The van der Waals surface area contributed by atoms with E-state index >= 15 is 0 Å². The van der Waals surface area contributed by atoms with E-state index in [1.807, 2.05) is 18.2 Å². The van der Waals surface area contributed by atoms with E-state index in [0.717, 1.165) is 32.4 Å². The highest BCUT2D eigenvalue weighted by molar-refractivity contribution is 5.82. The molecule has 0 aliphatic carbocycles. The summed E-state index contributed by atoms with van der Waals surface area (Å²) in [6.07, 6.45) is 2.90. The number of benzene rings is 1. The monoisotopic (exact) mass is 261 g/mol. The number of hydrogen-bond acceptors (Lipinski definition) is 3. The Morgan fingerprint density at radius 1 is 1.37 bits per heavy atom. The van der Waals surface area contributed by atoms with E-state index in [1.54, 1.807) is 0 Å². The van der Waals surface area contributed by atoms with Crippen LogP contribution in [0.15, 0.2) is 30.3 Å². The molecule has 1 heterocycles. The third kappa shape index (κ3) is 4.04. The molecule has 1 aliphatic rings. The number of nitrogens with zero attached hydrogens (tertiary/aromatic N) is 1. The average Bonchev–Trinajstić information content (AvgIpc) is 2.88. The van der Waals surface area contributed by atoms with Crippen LogP contribution in [-0.2, 0) is 11.3 Å². The Bertz CT molecular complexity index is 394. The summed E-state index contributed by atoms with van der Waals surface area (Å²) in [5.41, 5.74) is 6.70. The molecule has 2 rings (SSSR count). The largest absolute Gasteiger partial charge is 0.355 e. The van der Waals surface area contributed by atoms with Gasteiger partial charge < -0.3 is 11.1 Å². The molecule has 1 amide bonds. The standard InChI is InChI=1S/C15H23N3O/c16-9-5-10-17-15(19)14-8-4-11-18(14)12-13-6-2-1-3-7-13/h1-3,6-7,14H,4-5,8-12,16H2,(H,17,19). The van der Waals surface area contributed by atoms with Crippen molar-refractivity contribution in [3.63, 3.8) is 0 Å². The predicted octanol–water partition coefficient (Wildman–Crippen LogP) is 1.12. The number of hydrogen-bond donors (Lipinski definition) is 2. The molecule has 1 saturated heterocycles. The smallest absolute Gasteiger partial charge is 0.237 e. The van der Waals surface area contributed by atoms with Gasteiger partial charge in [-0.2, -0.15) is 0 Å². The lowest BCUT2D eigenvalue weighted by Gasteiger charge is -2.23. The van der Waals surface area contributed by atoms with E-state index in [9.17, 15) is 4.79 Å². The van der Waals surface area contributed by atoms with E-state index in [0.29, 0.717) is 13.1 Å². The molecule has 0 radical (unpaired) electrons. The Balaban J connectivity index is 1.88. The molecule has 104 valence electrons. The Labute approximate surface area is 115 Å². The maximum atomic E-state index is 12.1. The van der Waals surface area contributed by atoms with Gasteiger partial charge in [-0.05, 0) is 37.9 Å². The minimum Gasteiger partial charge on any atom is -0.355 e. The molecule has 4 nitrogen and oxygen atoms in total. The zero-order valence-electron chi connectivity index (χ0n) is 11.3. The number of amides is 1. The molecule has 0 aromatic heterocycles. The van der Waals surface area contributed by atoms with Crippen molar-refractivity contribution in [2.45, 2.75) is 31.8 Å². The van der Waals surface area contributed by atoms with Crippen LogP contribution in [0.5, 0.6) is 0 Å². The zero-order valence-corrected chi connectivity index (χ0v) is 11.3. The van der Waals surface area contributed by atoms with Crippen molar-refractivity contribution in [3.05, 3.63) is 35.9 Å². The van der Waals surface area contributed by atoms with Crippen LogP contribution >= 0.6 is 0 Å². The van der Waals surface area contributed by atoms with E-state index in [2.05, 4.69) is 22.3 Å². The van der Waals surface area contributed by atoms with Crippen molar-refractivity contribution in [1.82, 2.24) is 10.2 Å². The van der Waals surface area contributed by atoms with Crippen LogP contribution < -0.4 is 11.1 Å². The molecule has 0 saturated carbocycles. The molecule has 0 bridgehead atoms. The third-order valence-electron chi connectivity index (χ3n) is 3.57. The Morgan fingerprint density at radius 3 is 2.89 bits per heavy atom. The van der Waals surface area contributed by atoms with Crippen molar-refractivity contribution >= 4 is 5.91 Å². The SMILES string of the molecule is NCCCNC(=O)C1CCCN1Cc1ccccc1. The van der Waals surface area contributed by atoms with E-state index < -0.39 is 0 Å². The molecule has 0 spiro atoms. The van der Waals surface area contributed by atoms with Crippen molar-refractivity contribution in [2.75, 3.05) is 19.6 Å². The van der Waals surface area contributed by atoms with Crippen molar-refractivity contribution in [2.24, 2.45) is 5.73 Å². The van der Waals surface area contributed by atoms with Gasteiger partial charge >= 0.3 is 0 Å². The van der Waals surface area contributed by atoms with Crippen LogP contribution in [0.2, 0.25) is 0 Å². The van der Waals surface area contributed by atoms with Gasteiger partial charge in [0.1, 0.15) is 0 Å². The molecule has 1 aromatic rings. The second-order valence-corrected chi connectivity index (χ2v) is 5.05. The lowest BCUT2D eigenvalue weighted by Crippen LogP contribution is -2.43. The number of nitrogens with two attached hydrogens (primary N) is 1. The van der Waals surface area contributed by atoms with E-state index in [-0.39, 0.29) is 11.9 Å². The first-order chi connectivity index (χ1) is 9.31. The highest BCUT2D eigenvalue weighted by Gasteiger charge is 2.30. The lowest BCUT2D eigenvalue weighted by atomic mass is 10.1. The fourth-order valence-electron chi connectivity index (χ4n) is 2.56. The zero-order chi connectivity index (χ0) is 13.5. The minimum absolute atomic E-state index is 0.0259. The number of likely N-dealkylation sites (tertiary alicyclic amines) is 1. The topological polar surface area (TPSA) is 58.4 Å². The summed E-state index contributed by atoms with van der Waals surface area (Å²) in [6.45, 7) is 3.17. The summed E-state index contributed by atoms with van der Waals surface area (Å²) in [7, 11) is 0. The summed E-state index contributed by atoms with van der Waals surface area (Å²) in [5.74, 6) is 0.155. The molecule has 1 atom stereocenters. The Kier molecular flexibility index (Phi) is 5.36. The normalized spacial score (nSPS) is 19.5. The number of rotatable bonds is 6. The van der Waals surface area contributed by atoms with Gasteiger partial charge in [-0.1, -0.05) is 30.3 Å². The summed E-state index contributed by atoms with van der Waals surface area (Å²) in [4.78, 5) is 14.4. The molecule has 1 unspecified atom stereocenters. The maximum absolute atomic E-state index is 12.1. The molecular weight excluding hydrogens is 238 g/mol. The van der Waals surface area contributed by atoms with Gasteiger partial charge in [-0.3, -0.25) is 9.69 Å². The van der Waals surface area contributed by atoms with Gasteiger partial charge in [0, 0.05) is 13.1 Å². The van der Waals surface area contributed by atoms with E-state index in [4.69, 9.17) is 5.73 Å². The molecule has 1 aromatic carbocycles. The summed E-state index contributed by atoms with van der Waals surface area (Å²) < 4.78 is 0. The molecule has 1 aliphatic heterocycles. The van der Waals surface area contributed by atoms with Gasteiger partial charge in [0.25, 0.3) is 0 Å². The number of nitrogens with one attached hydrogen (secondary N) is 1. The van der Waals surface area contributed by atoms with Gasteiger partial charge in [-0.15, -0.1) is 0 Å². The molecular formula is C15H23N3O. The quantitative estimate of drug-likeness (QED) is 0.754. The van der Waals surface area contributed by atoms with Crippen molar-refractivity contribution < 1.29 is 4.79 Å². The fourth-order valence-corrected chi connectivity index (χ4v) is 2.56. The summed E-state index contributed by atoms with van der Waals surface area (Å²) in [6, 6.07) is 10.4. The van der Waals surface area contributed by atoms with Gasteiger partial charge in [0.05, 0.1) is 6.04 Å². The number of carbonyl (C=O) groups excluding carboxylic acids is 1. The fraction of sp³-hybridized carbons (Fsp3) is 0.533. The highest BCUT2D eigenvalue weighted by atomic mass is 16.2. The summed E-state index contributed by atoms with van der Waals surface area (Å²) in [5, 5.41) is 2.98. The highest BCUT2D eigenvalue weighted by Crippen LogP contribution is 2.20. The first-order valence-corrected chi connectivity index (χ1v) is 7.07. The Morgan fingerprint density at radius 2 is 2.16 bits per heavy atom. The third-order valence-corrected chi connectivity index (χ3v) is 3.57. The number of carbonyl (C=O) groups is 1. The van der Waals surface area contributed by atoms with Crippen LogP contribution in [0.3, 0.4) is 0 Å². The first-order valence-electron chi connectivity index (χ1n) is 7.07. The summed E-state index contributed by atoms with van der Waals surface area (Å²) >= 11 is 0. The second kappa shape index (κ2) is 7.26. The molecule has 3 N–H and O–H groups in total. The molecule has 4 heteroatoms. The Hall–Kier alpha value is -1.39. The van der Waals surface area contributed by atoms with Crippen LogP contribution in [0.1, 0.15) is 24.8 Å².